The van der Waals surface area contributed by atoms with Crippen LogP contribution in [-0.2, 0) is 24.4 Å². The Labute approximate surface area is 175 Å². The fraction of sp³-hybridized carbons (Fsp3) is 0.292. The summed E-state index contributed by atoms with van der Waals surface area (Å²) in [4.78, 5) is 16.5. The summed E-state index contributed by atoms with van der Waals surface area (Å²) in [6, 6.07) is 20.4. The number of carbonyl (C=O) groups is 1. The average Bonchev–Trinajstić information content (AvgIpc) is 3.24. The molecule has 1 aliphatic rings. The number of amides is 1. The number of nitrogens with zero attached hydrogens (tertiary/aromatic N) is 2. The SMILES string of the molecule is O=C(c1ccc(CN(Cc2ccccc2)Cc2ccccc2F)o1)N1CCOCC1. The van der Waals surface area contributed by atoms with Gasteiger partial charge in [0.1, 0.15) is 11.6 Å². The van der Waals surface area contributed by atoms with Gasteiger partial charge in [-0.15, -0.1) is 0 Å². The number of hydrogen-bond donors (Lipinski definition) is 0. The van der Waals surface area contributed by atoms with E-state index in [-0.39, 0.29) is 11.7 Å². The molecule has 30 heavy (non-hydrogen) atoms. The van der Waals surface area contributed by atoms with Gasteiger partial charge in [-0.3, -0.25) is 9.69 Å². The first-order chi connectivity index (χ1) is 14.7. The molecule has 0 radical (unpaired) electrons. The maximum atomic E-state index is 14.2. The van der Waals surface area contributed by atoms with E-state index in [4.69, 9.17) is 9.15 Å². The average molecular weight is 408 g/mol. The summed E-state index contributed by atoms with van der Waals surface area (Å²) in [6.45, 7) is 3.79. The van der Waals surface area contributed by atoms with Crippen LogP contribution in [0, 0.1) is 5.82 Å². The van der Waals surface area contributed by atoms with Crippen molar-refractivity contribution in [3.05, 3.63) is 95.2 Å². The van der Waals surface area contributed by atoms with Gasteiger partial charge in [-0.2, -0.15) is 0 Å². The fourth-order valence-corrected chi connectivity index (χ4v) is 3.60. The second kappa shape index (κ2) is 9.69. The number of hydrogen-bond acceptors (Lipinski definition) is 4. The van der Waals surface area contributed by atoms with E-state index in [0.29, 0.717) is 63.0 Å². The van der Waals surface area contributed by atoms with E-state index >= 15 is 0 Å². The van der Waals surface area contributed by atoms with Gasteiger partial charge in [0.25, 0.3) is 5.91 Å². The molecule has 1 fully saturated rings. The van der Waals surface area contributed by atoms with Crippen LogP contribution in [0.5, 0.6) is 0 Å². The van der Waals surface area contributed by atoms with Crippen molar-refractivity contribution in [3.63, 3.8) is 0 Å². The lowest BCUT2D eigenvalue weighted by Crippen LogP contribution is -2.40. The minimum absolute atomic E-state index is 0.117. The molecule has 1 aliphatic heterocycles. The zero-order valence-electron chi connectivity index (χ0n) is 16.8. The highest BCUT2D eigenvalue weighted by Gasteiger charge is 2.22. The minimum Gasteiger partial charge on any atom is -0.455 e. The molecule has 1 aromatic heterocycles. The van der Waals surface area contributed by atoms with Gasteiger partial charge in [0.05, 0.1) is 19.8 Å². The van der Waals surface area contributed by atoms with Crippen LogP contribution in [0.4, 0.5) is 4.39 Å². The van der Waals surface area contributed by atoms with Gasteiger partial charge >= 0.3 is 0 Å². The lowest BCUT2D eigenvalue weighted by atomic mass is 10.1. The minimum atomic E-state index is -0.224. The Hall–Kier alpha value is -2.96. The highest BCUT2D eigenvalue weighted by atomic mass is 19.1. The number of carbonyl (C=O) groups excluding carboxylic acids is 1. The Bertz CT molecular complexity index is 967. The van der Waals surface area contributed by atoms with Crippen LogP contribution in [-0.4, -0.2) is 42.0 Å². The van der Waals surface area contributed by atoms with Gasteiger partial charge in [-0.1, -0.05) is 48.5 Å². The van der Waals surface area contributed by atoms with Gasteiger partial charge in [-0.25, -0.2) is 4.39 Å². The number of morpholine rings is 1. The van der Waals surface area contributed by atoms with E-state index in [1.807, 2.05) is 42.5 Å². The third-order valence-corrected chi connectivity index (χ3v) is 5.15. The molecule has 156 valence electrons. The normalized spacial score (nSPS) is 14.3. The fourth-order valence-electron chi connectivity index (χ4n) is 3.60. The highest BCUT2D eigenvalue weighted by molar-refractivity contribution is 5.91. The number of rotatable bonds is 7. The molecule has 0 bridgehead atoms. The number of ether oxygens (including phenoxy) is 1. The molecular formula is C24H25FN2O3. The summed E-state index contributed by atoms with van der Waals surface area (Å²) in [5.41, 5.74) is 1.76. The van der Waals surface area contributed by atoms with Gasteiger partial charge in [0, 0.05) is 31.7 Å². The van der Waals surface area contributed by atoms with Crippen LogP contribution >= 0.6 is 0 Å². The van der Waals surface area contributed by atoms with Gasteiger partial charge in [0.15, 0.2) is 5.76 Å². The van der Waals surface area contributed by atoms with Crippen LogP contribution in [0.1, 0.15) is 27.4 Å². The van der Waals surface area contributed by atoms with Crippen molar-refractivity contribution in [2.45, 2.75) is 19.6 Å². The molecule has 0 atom stereocenters. The van der Waals surface area contributed by atoms with Crippen molar-refractivity contribution >= 4 is 5.91 Å². The predicted octanol–water partition coefficient (Wildman–Crippen LogP) is 4.09. The zero-order valence-corrected chi connectivity index (χ0v) is 16.8. The monoisotopic (exact) mass is 408 g/mol. The van der Waals surface area contributed by atoms with Crippen molar-refractivity contribution < 1.29 is 18.3 Å². The van der Waals surface area contributed by atoms with Gasteiger partial charge in [-0.05, 0) is 23.8 Å². The Morgan fingerprint density at radius 1 is 0.900 bits per heavy atom. The van der Waals surface area contributed by atoms with Crippen LogP contribution in [0.3, 0.4) is 0 Å². The van der Waals surface area contributed by atoms with Crippen molar-refractivity contribution in [3.8, 4) is 0 Å². The first-order valence-electron chi connectivity index (χ1n) is 10.1. The molecule has 2 heterocycles. The summed E-state index contributed by atoms with van der Waals surface area (Å²) in [5, 5.41) is 0. The van der Waals surface area contributed by atoms with E-state index in [0.717, 1.165) is 5.56 Å². The maximum Gasteiger partial charge on any atom is 0.289 e. The third-order valence-electron chi connectivity index (χ3n) is 5.15. The second-order valence-electron chi connectivity index (χ2n) is 7.39. The van der Waals surface area contributed by atoms with E-state index < -0.39 is 0 Å². The van der Waals surface area contributed by atoms with Crippen LogP contribution in [0.15, 0.2) is 71.1 Å². The Morgan fingerprint density at radius 2 is 1.63 bits per heavy atom. The molecule has 0 unspecified atom stereocenters. The molecule has 3 aromatic rings. The predicted molar refractivity (Wildman–Crippen MR) is 111 cm³/mol. The van der Waals surface area contributed by atoms with E-state index in [1.54, 1.807) is 23.1 Å². The summed E-state index contributed by atoms with van der Waals surface area (Å²) >= 11 is 0. The first kappa shape index (κ1) is 20.3. The molecule has 2 aromatic carbocycles. The largest absolute Gasteiger partial charge is 0.455 e. The summed E-state index contributed by atoms with van der Waals surface area (Å²) < 4.78 is 25.4. The van der Waals surface area contributed by atoms with Crippen LogP contribution < -0.4 is 0 Å². The van der Waals surface area contributed by atoms with E-state index in [1.165, 1.54) is 6.07 Å². The number of benzene rings is 2. The second-order valence-corrected chi connectivity index (χ2v) is 7.39. The summed E-state index contributed by atoms with van der Waals surface area (Å²) in [5.74, 6) is 0.669. The lowest BCUT2D eigenvalue weighted by molar-refractivity contribution is 0.0281. The Morgan fingerprint density at radius 3 is 2.40 bits per heavy atom. The smallest absolute Gasteiger partial charge is 0.289 e. The lowest BCUT2D eigenvalue weighted by Gasteiger charge is -2.25. The van der Waals surface area contributed by atoms with Crippen molar-refractivity contribution in [1.82, 2.24) is 9.80 Å². The number of furan rings is 1. The standard InChI is InChI=1S/C24H25FN2O3/c25-22-9-5-4-8-20(22)17-26(16-19-6-2-1-3-7-19)18-21-10-11-23(30-21)24(28)27-12-14-29-15-13-27/h1-11H,12-18H2. The topological polar surface area (TPSA) is 45.9 Å². The molecule has 6 heteroatoms. The van der Waals surface area contributed by atoms with Gasteiger partial charge < -0.3 is 14.1 Å². The van der Waals surface area contributed by atoms with Crippen molar-refractivity contribution in [2.75, 3.05) is 26.3 Å². The first-order valence-corrected chi connectivity index (χ1v) is 10.1. The summed E-state index contributed by atoms with van der Waals surface area (Å²) in [7, 11) is 0. The van der Waals surface area contributed by atoms with Crippen LogP contribution in [0.2, 0.25) is 0 Å². The molecule has 0 aliphatic carbocycles. The Balaban J connectivity index is 1.49. The van der Waals surface area contributed by atoms with E-state index in [9.17, 15) is 9.18 Å². The maximum absolute atomic E-state index is 14.2. The Kier molecular flexibility index (Phi) is 6.57. The molecule has 0 N–H and O–H groups in total. The molecule has 0 spiro atoms. The molecule has 1 amide bonds. The van der Waals surface area contributed by atoms with Gasteiger partial charge in [0.2, 0.25) is 0 Å². The van der Waals surface area contributed by atoms with Crippen molar-refractivity contribution in [2.24, 2.45) is 0 Å². The molecule has 0 saturated carbocycles. The molecule has 4 rings (SSSR count). The molecule has 5 nitrogen and oxygen atoms in total. The zero-order chi connectivity index (χ0) is 20.8. The van der Waals surface area contributed by atoms with Crippen molar-refractivity contribution in [1.29, 1.82) is 0 Å². The van der Waals surface area contributed by atoms with E-state index in [2.05, 4.69) is 4.90 Å². The van der Waals surface area contributed by atoms with Crippen LogP contribution in [0.25, 0.3) is 0 Å². The number of halogens is 1. The quantitative estimate of drug-likeness (QED) is 0.591. The molecule has 1 saturated heterocycles. The highest BCUT2D eigenvalue weighted by Crippen LogP contribution is 2.19. The summed E-state index contributed by atoms with van der Waals surface area (Å²) in [6.07, 6.45) is 0. The molecular weight excluding hydrogens is 383 g/mol. The third kappa shape index (κ3) is 5.14.